The molecule has 2 rings (SSSR count). The van der Waals surface area contributed by atoms with Crippen LogP contribution in [0.1, 0.15) is 19.8 Å². The first-order valence-corrected chi connectivity index (χ1v) is 6.56. The minimum Gasteiger partial charge on any atom is -0.368 e. The summed E-state index contributed by atoms with van der Waals surface area (Å²) in [6, 6.07) is 3.56. The van der Waals surface area contributed by atoms with Gasteiger partial charge in [0.25, 0.3) is 5.56 Å². The van der Waals surface area contributed by atoms with Crippen LogP contribution in [-0.4, -0.2) is 34.2 Å². The molecule has 7 heteroatoms. The van der Waals surface area contributed by atoms with E-state index in [9.17, 15) is 9.59 Å². The van der Waals surface area contributed by atoms with Crippen LogP contribution >= 0.6 is 0 Å². The molecule has 2 heterocycles. The lowest BCUT2D eigenvalue weighted by Crippen LogP contribution is -2.25. The first-order chi connectivity index (χ1) is 9.72. The SMILES string of the molecule is CCC(=O)NCCCNc1n[nH]c(=O)c2ncccc12. The van der Waals surface area contributed by atoms with Crippen molar-refractivity contribution in [2.75, 3.05) is 18.4 Å². The van der Waals surface area contributed by atoms with Gasteiger partial charge in [-0.25, -0.2) is 5.10 Å². The number of nitrogens with one attached hydrogen (secondary N) is 3. The third-order valence-electron chi connectivity index (χ3n) is 2.84. The van der Waals surface area contributed by atoms with E-state index in [1.54, 1.807) is 18.3 Å². The first-order valence-electron chi connectivity index (χ1n) is 6.56. The predicted octanol–water partition coefficient (Wildman–Crippen LogP) is 0.646. The fourth-order valence-corrected chi connectivity index (χ4v) is 1.78. The van der Waals surface area contributed by atoms with Gasteiger partial charge in [-0.15, -0.1) is 0 Å². The first kappa shape index (κ1) is 14.0. The maximum atomic E-state index is 11.6. The van der Waals surface area contributed by atoms with Gasteiger partial charge in [0.05, 0.1) is 5.39 Å². The van der Waals surface area contributed by atoms with Gasteiger partial charge in [0.1, 0.15) is 5.52 Å². The summed E-state index contributed by atoms with van der Waals surface area (Å²) in [7, 11) is 0. The molecule has 3 N–H and O–H groups in total. The maximum absolute atomic E-state index is 11.6. The lowest BCUT2D eigenvalue weighted by molar-refractivity contribution is -0.120. The van der Waals surface area contributed by atoms with Crippen LogP contribution in [0, 0.1) is 0 Å². The zero-order chi connectivity index (χ0) is 14.4. The molecule has 0 aliphatic rings. The van der Waals surface area contributed by atoms with Crippen LogP contribution in [-0.2, 0) is 4.79 Å². The molecule has 0 fully saturated rings. The topological polar surface area (TPSA) is 99.8 Å². The Kier molecular flexibility index (Phi) is 4.65. The number of amides is 1. The molecular formula is C13H17N5O2. The van der Waals surface area contributed by atoms with Crippen molar-refractivity contribution in [2.24, 2.45) is 0 Å². The van der Waals surface area contributed by atoms with Gasteiger partial charge in [-0.05, 0) is 18.6 Å². The molecule has 20 heavy (non-hydrogen) atoms. The maximum Gasteiger partial charge on any atom is 0.290 e. The second-order valence-electron chi connectivity index (χ2n) is 4.28. The molecule has 0 unspecified atom stereocenters. The minimum atomic E-state index is -0.304. The van der Waals surface area contributed by atoms with Gasteiger partial charge in [0, 0.05) is 25.7 Å². The van der Waals surface area contributed by atoms with Crippen molar-refractivity contribution in [1.29, 1.82) is 0 Å². The summed E-state index contributed by atoms with van der Waals surface area (Å²) in [5, 5.41) is 13.0. The Morgan fingerprint density at radius 2 is 2.25 bits per heavy atom. The number of aromatic nitrogens is 3. The van der Waals surface area contributed by atoms with E-state index < -0.39 is 0 Å². The quantitative estimate of drug-likeness (QED) is 0.672. The van der Waals surface area contributed by atoms with Crippen LogP contribution in [0.15, 0.2) is 23.1 Å². The highest BCUT2D eigenvalue weighted by atomic mass is 16.1. The van der Waals surface area contributed by atoms with Crippen LogP contribution in [0.3, 0.4) is 0 Å². The summed E-state index contributed by atoms with van der Waals surface area (Å²) in [6.07, 6.45) is 2.83. The van der Waals surface area contributed by atoms with Crippen LogP contribution in [0.25, 0.3) is 10.9 Å². The van der Waals surface area contributed by atoms with E-state index in [-0.39, 0.29) is 11.5 Å². The van der Waals surface area contributed by atoms with Crippen LogP contribution in [0.5, 0.6) is 0 Å². The van der Waals surface area contributed by atoms with Crippen LogP contribution in [0.4, 0.5) is 5.82 Å². The third kappa shape index (κ3) is 3.31. The molecule has 0 radical (unpaired) electrons. The summed E-state index contributed by atoms with van der Waals surface area (Å²) in [5.74, 6) is 0.635. The van der Waals surface area contributed by atoms with Gasteiger partial charge in [0.2, 0.25) is 5.91 Å². The Bertz CT molecular complexity index is 652. The Balaban J connectivity index is 1.95. The van der Waals surface area contributed by atoms with Gasteiger partial charge in [-0.2, -0.15) is 5.10 Å². The zero-order valence-electron chi connectivity index (χ0n) is 11.3. The van der Waals surface area contributed by atoms with Crippen molar-refractivity contribution >= 4 is 22.6 Å². The average molecular weight is 275 g/mol. The smallest absolute Gasteiger partial charge is 0.290 e. The van der Waals surface area contributed by atoms with Crippen molar-refractivity contribution < 1.29 is 4.79 Å². The number of H-pyrrole nitrogens is 1. The van der Waals surface area contributed by atoms with Crippen LogP contribution in [0.2, 0.25) is 0 Å². The monoisotopic (exact) mass is 275 g/mol. The third-order valence-corrected chi connectivity index (χ3v) is 2.84. The van der Waals surface area contributed by atoms with E-state index in [4.69, 9.17) is 0 Å². The van der Waals surface area contributed by atoms with Crippen molar-refractivity contribution in [3.8, 4) is 0 Å². The molecule has 0 saturated heterocycles. The fraction of sp³-hybridized carbons (Fsp3) is 0.385. The van der Waals surface area contributed by atoms with E-state index in [1.165, 1.54) is 0 Å². The van der Waals surface area contributed by atoms with E-state index in [0.29, 0.717) is 36.2 Å². The molecule has 0 aromatic carbocycles. The molecule has 2 aromatic rings. The number of fused-ring (bicyclic) bond motifs is 1. The normalized spacial score (nSPS) is 10.4. The molecule has 7 nitrogen and oxygen atoms in total. The van der Waals surface area contributed by atoms with E-state index in [2.05, 4.69) is 25.8 Å². The Morgan fingerprint density at radius 1 is 1.40 bits per heavy atom. The van der Waals surface area contributed by atoms with Gasteiger partial charge in [-0.3, -0.25) is 14.6 Å². The van der Waals surface area contributed by atoms with Crippen molar-refractivity contribution in [3.05, 3.63) is 28.7 Å². The molecule has 1 amide bonds. The average Bonchev–Trinajstić information content (AvgIpc) is 2.49. The molecule has 2 aromatic heterocycles. The van der Waals surface area contributed by atoms with Gasteiger partial charge in [-0.1, -0.05) is 6.92 Å². The van der Waals surface area contributed by atoms with E-state index in [1.807, 2.05) is 6.92 Å². The number of carbonyl (C=O) groups excluding carboxylic acids is 1. The molecular weight excluding hydrogens is 258 g/mol. The van der Waals surface area contributed by atoms with E-state index in [0.717, 1.165) is 6.42 Å². The standard InChI is InChI=1S/C13H17N5O2/c1-2-10(19)14-7-4-8-16-12-9-5-3-6-15-11(9)13(20)18-17-12/h3,5-6H,2,4,7-8H2,1H3,(H,14,19)(H,16,17)(H,18,20). The summed E-state index contributed by atoms with van der Waals surface area (Å²) >= 11 is 0. The molecule has 0 spiro atoms. The minimum absolute atomic E-state index is 0.0433. The highest BCUT2D eigenvalue weighted by Crippen LogP contribution is 2.14. The highest BCUT2D eigenvalue weighted by molar-refractivity contribution is 5.87. The zero-order valence-corrected chi connectivity index (χ0v) is 11.3. The largest absolute Gasteiger partial charge is 0.368 e. The lowest BCUT2D eigenvalue weighted by atomic mass is 10.2. The Morgan fingerprint density at radius 3 is 3.05 bits per heavy atom. The number of aromatic amines is 1. The summed E-state index contributed by atoms with van der Waals surface area (Å²) in [5.41, 5.74) is 0.0608. The summed E-state index contributed by atoms with van der Waals surface area (Å²) in [4.78, 5) is 26.7. The number of hydrogen-bond acceptors (Lipinski definition) is 5. The second-order valence-corrected chi connectivity index (χ2v) is 4.28. The molecule has 0 atom stereocenters. The Hall–Kier alpha value is -2.44. The number of rotatable bonds is 6. The van der Waals surface area contributed by atoms with Crippen LogP contribution < -0.4 is 16.2 Å². The summed E-state index contributed by atoms with van der Waals surface area (Å²) in [6.45, 7) is 3.07. The van der Waals surface area contributed by atoms with Gasteiger partial charge >= 0.3 is 0 Å². The van der Waals surface area contributed by atoms with Gasteiger partial charge < -0.3 is 10.6 Å². The number of nitrogens with zero attached hydrogens (tertiary/aromatic N) is 2. The molecule has 0 aliphatic heterocycles. The fourth-order valence-electron chi connectivity index (χ4n) is 1.78. The Labute approximate surface area is 115 Å². The number of carbonyl (C=O) groups is 1. The lowest BCUT2D eigenvalue weighted by Gasteiger charge is -2.08. The number of pyridine rings is 1. The van der Waals surface area contributed by atoms with Crippen molar-refractivity contribution in [2.45, 2.75) is 19.8 Å². The van der Waals surface area contributed by atoms with Crippen molar-refractivity contribution in [1.82, 2.24) is 20.5 Å². The molecule has 106 valence electrons. The molecule has 0 aliphatic carbocycles. The molecule has 0 bridgehead atoms. The summed E-state index contributed by atoms with van der Waals surface area (Å²) < 4.78 is 0. The predicted molar refractivity (Wildman–Crippen MR) is 76.6 cm³/mol. The second kappa shape index (κ2) is 6.65. The van der Waals surface area contributed by atoms with Gasteiger partial charge in [0.15, 0.2) is 5.82 Å². The van der Waals surface area contributed by atoms with E-state index >= 15 is 0 Å². The number of hydrogen-bond donors (Lipinski definition) is 3. The highest BCUT2D eigenvalue weighted by Gasteiger charge is 2.06. The van der Waals surface area contributed by atoms with Crippen molar-refractivity contribution in [3.63, 3.8) is 0 Å². The number of anilines is 1. The molecule has 0 saturated carbocycles.